The van der Waals surface area contributed by atoms with Gasteiger partial charge in [-0.3, -0.25) is 9.68 Å². The lowest BCUT2D eigenvalue weighted by atomic mass is 10.3. The summed E-state index contributed by atoms with van der Waals surface area (Å²) in [5.74, 6) is 0. The second-order valence-corrected chi connectivity index (χ2v) is 4.40. The molecule has 0 unspecified atom stereocenters. The van der Waals surface area contributed by atoms with Crippen LogP contribution in [0.15, 0.2) is 10.3 Å². The zero-order valence-corrected chi connectivity index (χ0v) is 12.4. The zero-order valence-electron chi connectivity index (χ0n) is 12.4. The highest BCUT2D eigenvalue weighted by Gasteiger charge is 2.02. The van der Waals surface area contributed by atoms with Gasteiger partial charge in [0, 0.05) is 13.1 Å². The minimum absolute atomic E-state index is 0.445. The largest absolute Gasteiger partial charge is 0.433 e. The summed E-state index contributed by atoms with van der Waals surface area (Å²) in [5.41, 5.74) is 1.32. The summed E-state index contributed by atoms with van der Waals surface area (Å²) in [6.45, 7) is 7.79. The van der Waals surface area contributed by atoms with Crippen molar-refractivity contribution in [2.45, 2.75) is 40.5 Å². The smallest absolute Gasteiger partial charge is 0.320 e. The van der Waals surface area contributed by atoms with E-state index in [1.807, 2.05) is 0 Å². The van der Waals surface area contributed by atoms with Crippen molar-refractivity contribution in [2.24, 2.45) is 10.3 Å². The van der Waals surface area contributed by atoms with E-state index in [-0.39, 0.29) is 0 Å². The van der Waals surface area contributed by atoms with Gasteiger partial charge in [-0.1, -0.05) is 10.3 Å². The van der Waals surface area contributed by atoms with Gasteiger partial charge in [0.2, 0.25) is 0 Å². The first kappa shape index (κ1) is 17.9. The van der Waals surface area contributed by atoms with Gasteiger partial charge in [-0.15, -0.1) is 0 Å². The number of oxime groups is 2. The van der Waals surface area contributed by atoms with Crippen LogP contribution in [0.25, 0.3) is 0 Å². The minimum atomic E-state index is -0.591. The molecule has 0 aromatic carbocycles. The number of amides is 2. The van der Waals surface area contributed by atoms with E-state index >= 15 is 0 Å². The van der Waals surface area contributed by atoms with Gasteiger partial charge in [0.05, 0.1) is 11.4 Å². The van der Waals surface area contributed by atoms with Crippen LogP contribution in [0.3, 0.4) is 0 Å². The maximum Gasteiger partial charge on any atom is 0.433 e. The van der Waals surface area contributed by atoms with Gasteiger partial charge in [-0.2, -0.15) is 0 Å². The highest BCUT2D eigenvalue weighted by molar-refractivity contribution is 5.80. The number of nitrogens with one attached hydrogen (secondary N) is 2. The molecule has 0 fully saturated rings. The van der Waals surface area contributed by atoms with Crippen molar-refractivity contribution in [1.29, 1.82) is 0 Å². The van der Waals surface area contributed by atoms with Crippen molar-refractivity contribution in [3.63, 3.8) is 0 Å². The van der Waals surface area contributed by atoms with Crippen LogP contribution in [0, 0.1) is 0 Å². The van der Waals surface area contributed by atoms with Crippen LogP contribution < -0.4 is 10.6 Å². The zero-order chi connectivity index (χ0) is 15.4. The first-order chi connectivity index (χ1) is 9.41. The van der Waals surface area contributed by atoms with Crippen molar-refractivity contribution >= 4 is 23.6 Å². The third kappa shape index (κ3) is 12.3. The molecule has 0 heterocycles. The maximum atomic E-state index is 11.1. The molecule has 0 spiro atoms. The summed E-state index contributed by atoms with van der Waals surface area (Å²) < 4.78 is 0. The van der Waals surface area contributed by atoms with Crippen molar-refractivity contribution in [3.05, 3.63) is 0 Å². The van der Waals surface area contributed by atoms with Gasteiger partial charge in [-0.05, 0) is 40.5 Å². The molecule has 0 rings (SSSR count). The fraction of sp³-hybridized carbons (Fsp3) is 0.667. The molecular formula is C12H22N4O4. The number of carbonyl (C=O) groups is 2. The van der Waals surface area contributed by atoms with E-state index in [1.54, 1.807) is 27.7 Å². The van der Waals surface area contributed by atoms with E-state index in [0.29, 0.717) is 37.4 Å². The summed E-state index contributed by atoms with van der Waals surface area (Å²) >= 11 is 0. The molecule has 0 bridgehead atoms. The topological polar surface area (TPSA) is 101 Å². The summed E-state index contributed by atoms with van der Waals surface area (Å²) in [7, 11) is 0. The normalized spacial score (nSPS) is 9.20. The van der Waals surface area contributed by atoms with E-state index in [2.05, 4.69) is 30.6 Å². The molecular weight excluding hydrogens is 264 g/mol. The van der Waals surface area contributed by atoms with Gasteiger partial charge in [0.25, 0.3) is 0 Å². The summed E-state index contributed by atoms with van der Waals surface area (Å²) in [5, 5.41) is 12.1. The Labute approximate surface area is 118 Å². The molecule has 0 aliphatic rings. The number of carbonyl (C=O) groups excluding carboxylic acids is 2. The molecule has 2 amide bonds. The Kier molecular flexibility index (Phi) is 9.63. The molecule has 8 nitrogen and oxygen atoms in total. The lowest BCUT2D eigenvalue weighted by molar-refractivity contribution is 0.148. The molecule has 2 N–H and O–H groups in total. The van der Waals surface area contributed by atoms with Crippen LogP contribution in [0.5, 0.6) is 0 Å². The minimum Gasteiger partial charge on any atom is -0.320 e. The SMILES string of the molecule is CC(C)=NOC(=O)NCCCCNC(=O)ON=C(C)C. The Balaban J connectivity index is 3.49. The van der Waals surface area contributed by atoms with Crippen molar-refractivity contribution < 1.29 is 19.3 Å². The number of nitrogens with zero attached hydrogens (tertiary/aromatic N) is 2. The Bertz CT molecular complexity index is 336. The van der Waals surface area contributed by atoms with E-state index in [1.165, 1.54) is 0 Å². The standard InChI is InChI=1S/C12H22N4O4/c1-9(2)15-19-11(17)13-7-5-6-8-14-12(18)20-16-10(3)4/h5-8H2,1-4H3,(H,13,17)(H,14,18). The third-order valence-corrected chi connectivity index (χ3v) is 1.76. The second-order valence-electron chi connectivity index (χ2n) is 4.40. The summed E-state index contributed by atoms with van der Waals surface area (Å²) in [6, 6.07) is 0. The van der Waals surface area contributed by atoms with Crippen molar-refractivity contribution in [1.82, 2.24) is 10.6 Å². The van der Waals surface area contributed by atoms with Crippen LogP contribution in [0.1, 0.15) is 40.5 Å². The molecule has 0 radical (unpaired) electrons. The van der Waals surface area contributed by atoms with E-state index < -0.39 is 12.2 Å². The fourth-order valence-corrected chi connectivity index (χ4v) is 0.961. The Hall–Kier alpha value is -2.12. The summed E-state index contributed by atoms with van der Waals surface area (Å²) in [6.07, 6.45) is 0.207. The molecule has 0 aromatic heterocycles. The van der Waals surface area contributed by atoms with Crippen LogP contribution in [0.4, 0.5) is 9.59 Å². The average molecular weight is 286 g/mol. The first-order valence-corrected chi connectivity index (χ1v) is 6.34. The van der Waals surface area contributed by atoms with Gasteiger partial charge in [0.1, 0.15) is 0 Å². The molecule has 0 aliphatic heterocycles. The Morgan fingerprint density at radius 2 is 1.15 bits per heavy atom. The van der Waals surface area contributed by atoms with Gasteiger partial charge >= 0.3 is 12.2 Å². The Morgan fingerprint density at radius 1 is 0.800 bits per heavy atom. The van der Waals surface area contributed by atoms with Gasteiger partial charge < -0.3 is 10.6 Å². The van der Waals surface area contributed by atoms with E-state index in [4.69, 9.17) is 0 Å². The van der Waals surface area contributed by atoms with E-state index in [9.17, 15) is 9.59 Å². The molecule has 0 aliphatic carbocycles. The average Bonchev–Trinajstić information content (AvgIpc) is 2.37. The quantitative estimate of drug-likeness (QED) is 0.323. The lowest BCUT2D eigenvalue weighted by Crippen LogP contribution is -2.27. The number of hydrogen-bond donors (Lipinski definition) is 2. The highest BCUT2D eigenvalue weighted by Crippen LogP contribution is 1.88. The first-order valence-electron chi connectivity index (χ1n) is 6.34. The van der Waals surface area contributed by atoms with Crippen LogP contribution in [-0.4, -0.2) is 36.7 Å². The predicted molar refractivity (Wildman–Crippen MR) is 75.8 cm³/mol. The van der Waals surface area contributed by atoms with Crippen molar-refractivity contribution in [2.75, 3.05) is 13.1 Å². The number of unbranched alkanes of at least 4 members (excludes halogenated alkanes) is 1. The molecule has 0 saturated heterocycles. The van der Waals surface area contributed by atoms with Gasteiger partial charge in [-0.25, -0.2) is 9.59 Å². The van der Waals surface area contributed by atoms with Crippen LogP contribution in [0.2, 0.25) is 0 Å². The predicted octanol–water partition coefficient (Wildman–Crippen LogP) is 2.01. The second kappa shape index (κ2) is 10.8. The molecule has 114 valence electrons. The van der Waals surface area contributed by atoms with Crippen LogP contribution >= 0.6 is 0 Å². The maximum absolute atomic E-state index is 11.1. The highest BCUT2D eigenvalue weighted by atomic mass is 16.7. The fourth-order valence-electron chi connectivity index (χ4n) is 0.961. The molecule has 8 heteroatoms. The van der Waals surface area contributed by atoms with Gasteiger partial charge in [0.15, 0.2) is 0 Å². The van der Waals surface area contributed by atoms with E-state index in [0.717, 1.165) is 0 Å². The Morgan fingerprint density at radius 3 is 1.45 bits per heavy atom. The summed E-state index contributed by atoms with van der Waals surface area (Å²) in [4.78, 5) is 31.3. The number of hydrogen-bond acceptors (Lipinski definition) is 6. The number of rotatable bonds is 7. The molecule has 0 atom stereocenters. The lowest BCUT2D eigenvalue weighted by Gasteiger charge is -2.04. The van der Waals surface area contributed by atoms with Crippen LogP contribution in [-0.2, 0) is 9.68 Å². The molecule has 20 heavy (non-hydrogen) atoms. The van der Waals surface area contributed by atoms with Crippen molar-refractivity contribution in [3.8, 4) is 0 Å². The third-order valence-electron chi connectivity index (χ3n) is 1.76. The monoisotopic (exact) mass is 286 g/mol. The molecule has 0 saturated carbocycles. The molecule has 0 aromatic rings.